The molecule has 0 amide bonds. The van der Waals surface area contributed by atoms with Crippen LogP contribution in [0.4, 0.5) is 5.69 Å². The Morgan fingerprint density at radius 3 is 2.58 bits per heavy atom. The van der Waals surface area contributed by atoms with E-state index < -0.39 is 0 Å². The molecule has 1 aliphatic rings. The highest BCUT2D eigenvalue weighted by Gasteiger charge is 2.21. The molecule has 1 aliphatic heterocycles. The minimum absolute atomic E-state index is 0.415. The van der Waals surface area contributed by atoms with Crippen LogP contribution in [0.15, 0.2) is 6.07 Å². The number of aromatic nitrogens is 2. The van der Waals surface area contributed by atoms with Gasteiger partial charge in [-0.05, 0) is 58.2 Å². The standard InChI is InChI=1S/C14H24N4O/c1-10(2)18-6-4-11(5-7-18)8-12-9-13(15)14(19-3)17-16-12/h9-11H,4-8H2,1-3H3,(H2,15,16). The fourth-order valence-electron chi connectivity index (χ4n) is 2.67. The maximum absolute atomic E-state index is 5.86. The molecule has 5 heteroatoms. The molecule has 0 atom stereocenters. The third-order valence-corrected chi connectivity index (χ3v) is 3.91. The molecule has 1 fully saturated rings. The first-order valence-electron chi connectivity index (χ1n) is 7.00. The monoisotopic (exact) mass is 264 g/mol. The summed E-state index contributed by atoms with van der Waals surface area (Å²) in [5, 5.41) is 8.19. The quantitative estimate of drug-likeness (QED) is 0.897. The number of piperidine rings is 1. The SMILES string of the molecule is COc1nnc(CC2CCN(C(C)C)CC2)cc1N. The van der Waals surface area contributed by atoms with E-state index in [0.29, 0.717) is 23.5 Å². The van der Waals surface area contributed by atoms with Gasteiger partial charge >= 0.3 is 0 Å². The van der Waals surface area contributed by atoms with Crippen LogP contribution in [0.2, 0.25) is 0 Å². The summed E-state index contributed by atoms with van der Waals surface area (Å²) in [6.45, 7) is 6.88. The number of hydrogen-bond donors (Lipinski definition) is 1. The van der Waals surface area contributed by atoms with Gasteiger partial charge in [-0.25, -0.2) is 0 Å². The Balaban J connectivity index is 1.90. The molecular formula is C14H24N4O. The number of ether oxygens (including phenoxy) is 1. The Morgan fingerprint density at radius 1 is 1.37 bits per heavy atom. The van der Waals surface area contributed by atoms with E-state index in [1.54, 1.807) is 7.11 Å². The second kappa shape index (κ2) is 6.19. The summed E-state index contributed by atoms with van der Waals surface area (Å²) >= 11 is 0. The van der Waals surface area contributed by atoms with Crippen molar-refractivity contribution in [2.75, 3.05) is 25.9 Å². The number of rotatable bonds is 4. The molecule has 0 radical (unpaired) electrons. The lowest BCUT2D eigenvalue weighted by Gasteiger charge is -2.34. The number of anilines is 1. The van der Waals surface area contributed by atoms with Gasteiger partial charge in [0.2, 0.25) is 0 Å². The molecule has 0 unspecified atom stereocenters. The van der Waals surface area contributed by atoms with Crippen molar-refractivity contribution in [3.05, 3.63) is 11.8 Å². The lowest BCUT2D eigenvalue weighted by molar-refractivity contribution is 0.149. The summed E-state index contributed by atoms with van der Waals surface area (Å²) in [6, 6.07) is 2.54. The molecule has 2 heterocycles. The molecule has 1 aromatic rings. The number of nitrogens with zero attached hydrogens (tertiary/aromatic N) is 3. The smallest absolute Gasteiger partial charge is 0.256 e. The van der Waals surface area contributed by atoms with Gasteiger partial charge < -0.3 is 15.4 Å². The normalized spacial score (nSPS) is 17.9. The topological polar surface area (TPSA) is 64.3 Å². The van der Waals surface area contributed by atoms with E-state index in [4.69, 9.17) is 10.5 Å². The summed E-state index contributed by atoms with van der Waals surface area (Å²) in [5.41, 5.74) is 7.41. The van der Waals surface area contributed by atoms with Gasteiger partial charge in [-0.1, -0.05) is 0 Å². The van der Waals surface area contributed by atoms with Crippen molar-refractivity contribution in [3.63, 3.8) is 0 Å². The first kappa shape index (κ1) is 14.1. The summed E-state index contributed by atoms with van der Waals surface area (Å²) in [7, 11) is 1.56. The summed E-state index contributed by atoms with van der Waals surface area (Å²) < 4.78 is 5.03. The zero-order valence-corrected chi connectivity index (χ0v) is 12.1. The van der Waals surface area contributed by atoms with Crippen LogP contribution in [0.1, 0.15) is 32.4 Å². The summed E-state index contributed by atoms with van der Waals surface area (Å²) in [6.07, 6.45) is 3.42. The maximum atomic E-state index is 5.86. The van der Waals surface area contributed by atoms with E-state index in [1.807, 2.05) is 6.07 Å². The molecule has 19 heavy (non-hydrogen) atoms. The van der Waals surface area contributed by atoms with Crippen molar-refractivity contribution in [2.24, 2.45) is 5.92 Å². The van der Waals surface area contributed by atoms with E-state index in [1.165, 1.54) is 25.9 Å². The summed E-state index contributed by atoms with van der Waals surface area (Å²) in [4.78, 5) is 2.53. The van der Waals surface area contributed by atoms with Gasteiger partial charge in [0.1, 0.15) is 0 Å². The highest BCUT2D eigenvalue weighted by atomic mass is 16.5. The van der Waals surface area contributed by atoms with Gasteiger partial charge in [0.25, 0.3) is 5.88 Å². The molecule has 1 saturated heterocycles. The minimum atomic E-state index is 0.415. The lowest BCUT2D eigenvalue weighted by Crippen LogP contribution is -2.38. The van der Waals surface area contributed by atoms with Gasteiger partial charge in [0, 0.05) is 6.04 Å². The van der Waals surface area contributed by atoms with E-state index in [9.17, 15) is 0 Å². The molecule has 0 saturated carbocycles. The van der Waals surface area contributed by atoms with Crippen LogP contribution in [-0.2, 0) is 6.42 Å². The predicted octanol–water partition coefficient (Wildman–Crippen LogP) is 1.73. The number of nitrogens with two attached hydrogens (primary N) is 1. The van der Waals surface area contributed by atoms with Crippen molar-refractivity contribution in [1.29, 1.82) is 0 Å². The van der Waals surface area contributed by atoms with Crippen LogP contribution >= 0.6 is 0 Å². The fraction of sp³-hybridized carbons (Fsp3) is 0.714. The molecule has 0 aliphatic carbocycles. The van der Waals surface area contributed by atoms with Crippen molar-refractivity contribution in [3.8, 4) is 5.88 Å². The largest absolute Gasteiger partial charge is 0.478 e. The third kappa shape index (κ3) is 3.56. The first-order valence-corrected chi connectivity index (χ1v) is 7.00. The number of nitrogen functional groups attached to an aromatic ring is 1. The van der Waals surface area contributed by atoms with Crippen molar-refractivity contribution >= 4 is 5.69 Å². The second-order valence-corrected chi connectivity index (χ2v) is 5.58. The zero-order chi connectivity index (χ0) is 13.8. The average molecular weight is 264 g/mol. The van der Waals surface area contributed by atoms with Crippen LogP contribution in [0, 0.1) is 5.92 Å². The Labute approximate surface area is 115 Å². The molecule has 2 rings (SSSR count). The lowest BCUT2D eigenvalue weighted by atomic mass is 9.91. The number of hydrogen-bond acceptors (Lipinski definition) is 5. The third-order valence-electron chi connectivity index (χ3n) is 3.91. The van der Waals surface area contributed by atoms with Gasteiger partial charge in [-0.2, -0.15) is 5.10 Å². The molecule has 2 N–H and O–H groups in total. The van der Waals surface area contributed by atoms with E-state index in [0.717, 1.165) is 12.1 Å². The Bertz CT molecular complexity index is 414. The van der Waals surface area contributed by atoms with Gasteiger partial charge in [-0.15, -0.1) is 5.10 Å². The average Bonchev–Trinajstić information content (AvgIpc) is 2.39. The van der Waals surface area contributed by atoms with Crippen molar-refractivity contribution < 1.29 is 4.74 Å². The van der Waals surface area contributed by atoms with Crippen LogP contribution < -0.4 is 10.5 Å². The van der Waals surface area contributed by atoms with Gasteiger partial charge in [-0.3, -0.25) is 0 Å². The van der Waals surface area contributed by atoms with Crippen LogP contribution in [-0.4, -0.2) is 41.3 Å². The molecule has 5 nitrogen and oxygen atoms in total. The summed E-state index contributed by atoms with van der Waals surface area (Å²) in [5.74, 6) is 1.11. The van der Waals surface area contributed by atoms with E-state index in [-0.39, 0.29) is 0 Å². The number of methoxy groups -OCH3 is 1. The first-order chi connectivity index (χ1) is 9.10. The van der Waals surface area contributed by atoms with Crippen LogP contribution in [0.5, 0.6) is 5.88 Å². The zero-order valence-electron chi connectivity index (χ0n) is 12.1. The predicted molar refractivity (Wildman–Crippen MR) is 76.1 cm³/mol. The minimum Gasteiger partial charge on any atom is -0.478 e. The second-order valence-electron chi connectivity index (χ2n) is 5.58. The van der Waals surface area contributed by atoms with Crippen molar-refractivity contribution in [1.82, 2.24) is 15.1 Å². The Hall–Kier alpha value is -1.36. The van der Waals surface area contributed by atoms with Crippen LogP contribution in [0.25, 0.3) is 0 Å². The molecule has 0 bridgehead atoms. The highest BCUT2D eigenvalue weighted by Crippen LogP contribution is 2.24. The molecule has 106 valence electrons. The number of likely N-dealkylation sites (tertiary alicyclic amines) is 1. The van der Waals surface area contributed by atoms with Gasteiger partial charge in [0.15, 0.2) is 0 Å². The van der Waals surface area contributed by atoms with Gasteiger partial charge in [0.05, 0.1) is 18.5 Å². The molecular weight excluding hydrogens is 240 g/mol. The van der Waals surface area contributed by atoms with E-state index in [2.05, 4.69) is 28.9 Å². The molecule has 1 aromatic heterocycles. The molecule has 0 aromatic carbocycles. The van der Waals surface area contributed by atoms with Crippen molar-refractivity contribution in [2.45, 2.75) is 39.2 Å². The Morgan fingerprint density at radius 2 is 2.05 bits per heavy atom. The molecule has 0 spiro atoms. The van der Waals surface area contributed by atoms with E-state index >= 15 is 0 Å². The Kier molecular flexibility index (Phi) is 4.58. The maximum Gasteiger partial charge on any atom is 0.256 e. The highest BCUT2D eigenvalue weighted by molar-refractivity contribution is 5.47. The fourth-order valence-corrected chi connectivity index (χ4v) is 2.67. The van der Waals surface area contributed by atoms with Crippen LogP contribution in [0.3, 0.4) is 0 Å².